The third-order valence-electron chi connectivity index (χ3n) is 7.35. The fourth-order valence-corrected chi connectivity index (χ4v) is 5.86. The maximum atomic E-state index is 6.32. The van der Waals surface area contributed by atoms with Gasteiger partial charge in [-0.3, -0.25) is 9.88 Å². The van der Waals surface area contributed by atoms with Crippen molar-refractivity contribution in [2.45, 2.75) is 69.2 Å². The van der Waals surface area contributed by atoms with Crippen LogP contribution in [0.2, 0.25) is 0 Å². The predicted octanol–water partition coefficient (Wildman–Crippen LogP) is 3.37. The van der Waals surface area contributed by atoms with Crippen LogP contribution in [0.5, 0.6) is 0 Å². The summed E-state index contributed by atoms with van der Waals surface area (Å²) in [5, 5.41) is 7.41. The van der Waals surface area contributed by atoms with E-state index in [0.717, 1.165) is 44.5 Å². The van der Waals surface area contributed by atoms with Crippen LogP contribution in [-0.2, 0) is 19.4 Å². The molecular formula is C26H35N5. The molecule has 164 valence electrons. The Hall–Kier alpha value is -2.21. The van der Waals surface area contributed by atoms with Gasteiger partial charge in [0.25, 0.3) is 0 Å². The fraction of sp³-hybridized carbons (Fsp3) is 0.500. The number of nitrogens with one attached hydrogen (secondary N) is 2. The van der Waals surface area contributed by atoms with Gasteiger partial charge in [-0.25, -0.2) is 0 Å². The molecule has 5 heteroatoms. The molecule has 2 aliphatic heterocycles. The molecule has 31 heavy (non-hydrogen) atoms. The average molecular weight is 418 g/mol. The number of rotatable bonds is 4. The van der Waals surface area contributed by atoms with E-state index in [1.807, 2.05) is 6.20 Å². The van der Waals surface area contributed by atoms with E-state index in [-0.39, 0.29) is 12.1 Å². The molecule has 2 unspecified atom stereocenters. The Kier molecular flexibility index (Phi) is 5.83. The first-order valence-electron chi connectivity index (χ1n) is 11.8. The summed E-state index contributed by atoms with van der Waals surface area (Å²) in [7, 11) is 2.27. The molecule has 3 aliphatic rings. The first-order valence-corrected chi connectivity index (χ1v) is 11.8. The van der Waals surface area contributed by atoms with Crippen molar-refractivity contribution in [2.75, 3.05) is 13.6 Å². The van der Waals surface area contributed by atoms with Gasteiger partial charge in [-0.15, -0.1) is 0 Å². The minimum Gasteiger partial charge on any atom is -0.382 e. The standard InChI is InChI=1S/C26H35N5/c1-17-12-20(27)13-24(30-17)22-9-3-7-19-15-29-21(14-23(19)22)16-31(2)25-10-4-6-18-8-5-11-28-26(18)25/h3,5,7-9,11,20-21,24-25,29-30H,1,4,6,10,12-16,27H2,2H3/t20?,21-,24?,25+/m1/s1. The Morgan fingerprint density at radius 2 is 2.06 bits per heavy atom. The Bertz CT molecular complexity index is 955. The van der Waals surface area contributed by atoms with Crippen molar-refractivity contribution in [1.29, 1.82) is 0 Å². The normalized spacial score (nSPS) is 28.0. The van der Waals surface area contributed by atoms with Gasteiger partial charge in [-0.1, -0.05) is 30.8 Å². The topological polar surface area (TPSA) is 66.2 Å². The minimum atomic E-state index is 0.192. The molecule has 0 saturated carbocycles. The van der Waals surface area contributed by atoms with Crippen molar-refractivity contribution in [3.63, 3.8) is 0 Å². The van der Waals surface area contributed by atoms with Crippen molar-refractivity contribution >= 4 is 0 Å². The summed E-state index contributed by atoms with van der Waals surface area (Å²) < 4.78 is 0. The van der Waals surface area contributed by atoms with Gasteiger partial charge in [-0.2, -0.15) is 0 Å². The molecular weight excluding hydrogens is 382 g/mol. The lowest BCUT2D eigenvalue weighted by Gasteiger charge is -2.38. The van der Waals surface area contributed by atoms with E-state index in [2.05, 4.69) is 59.5 Å². The average Bonchev–Trinajstić information content (AvgIpc) is 2.77. The zero-order valence-electron chi connectivity index (χ0n) is 18.6. The SMILES string of the molecule is C=C1CC(N)CC(c2cccc3c2C[C@H](CN(C)[C@H]2CCCc4cccnc42)NC3)N1. The number of aryl methyl sites for hydroxylation is 1. The number of nitrogens with zero attached hydrogens (tertiary/aromatic N) is 2. The maximum Gasteiger partial charge on any atom is 0.0607 e. The molecule has 1 aromatic heterocycles. The van der Waals surface area contributed by atoms with Gasteiger partial charge in [0.05, 0.1) is 17.8 Å². The molecule has 2 aromatic rings. The summed E-state index contributed by atoms with van der Waals surface area (Å²) in [4.78, 5) is 7.27. The quantitative estimate of drug-likeness (QED) is 0.712. The summed E-state index contributed by atoms with van der Waals surface area (Å²) in [5.74, 6) is 0. The summed E-state index contributed by atoms with van der Waals surface area (Å²) in [6.45, 7) is 6.12. The largest absolute Gasteiger partial charge is 0.382 e. The number of pyridine rings is 1. The maximum absolute atomic E-state index is 6.32. The van der Waals surface area contributed by atoms with E-state index in [0.29, 0.717) is 12.1 Å². The van der Waals surface area contributed by atoms with E-state index in [1.54, 1.807) is 0 Å². The number of piperidine rings is 1. The van der Waals surface area contributed by atoms with Crippen molar-refractivity contribution in [1.82, 2.24) is 20.5 Å². The number of hydrogen-bond acceptors (Lipinski definition) is 5. The van der Waals surface area contributed by atoms with Crippen LogP contribution in [0.1, 0.15) is 65.7 Å². The van der Waals surface area contributed by atoms with E-state index >= 15 is 0 Å². The Morgan fingerprint density at radius 1 is 1.19 bits per heavy atom. The van der Waals surface area contributed by atoms with Gasteiger partial charge in [-0.05, 0) is 67.5 Å². The van der Waals surface area contributed by atoms with Gasteiger partial charge in [0.2, 0.25) is 0 Å². The highest BCUT2D eigenvalue weighted by Crippen LogP contribution is 2.34. The Labute approximate surface area is 186 Å². The Balaban J connectivity index is 1.33. The lowest BCUT2D eigenvalue weighted by atomic mass is 9.84. The molecule has 1 saturated heterocycles. The molecule has 0 amide bonds. The summed E-state index contributed by atoms with van der Waals surface area (Å²) in [6.07, 6.45) is 8.44. The van der Waals surface area contributed by atoms with E-state index in [1.165, 1.54) is 40.8 Å². The van der Waals surface area contributed by atoms with Crippen LogP contribution in [0.25, 0.3) is 0 Å². The monoisotopic (exact) mass is 417 g/mol. The van der Waals surface area contributed by atoms with Gasteiger partial charge in [0.1, 0.15) is 0 Å². The van der Waals surface area contributed by atoms with Crippen LogP contribution < -0.4 is 16.4 Å². The van der Waals surface area contributed by atoms with Crippen LogP contribution >= 0.6 is 0 Å². The smallest absolute Gasteiger partial charge is 0.0607 e. The highest BCUT2D eigenvalue weighted by atomic mass is 15.2. The number of nitrogens with two attached hydrogens (primary N) is 1. The number of aromatic nitrogens is 1. The van der Waals surface area contributed by atoms with Crippen LogP contribution in [0.15, 0.2) is 48.8 Å². The lowest BCUT2D eigenvalue weighted by Crippen LogP contribution is -2.46. The number of likely N-dealkylation sites (N-methyl/N-ethyl adjacent to an activating group) is 1. The van der Waals surface area contributed by atoms with E-state index in [9.17, 15) is 0 Å². The molecule has 5 nitrogen and oxygen atoms in total. The van der Waals surface area contributed by atoms with Crippen molar-refractivity contribution in [2.24, 2.45) is 5.73 Å². The van der Waals surface area contributed by atoms with Crippen LogP contribution in [0, 0.1) is 0 Å². The summed E-state index contributed by atoms with van der Waals surface area (Å²) in [6, 6.07) is 12.4. The predicted molar refractivity (Wildman–Crippen MR) is 126 cm³/mol. The summed E-state index contributed by atoms with van der Waals surface area (Å²) >= 11 is 0. The third kappa shape index (κ3) is 4.27. The molecule has 4 N–H and O–H groups in total. The van der Waals surface area contributed by atoms with Crippen LogP contribution in [0.4, 0.5) is 0 Å². The molecule has 0 spiro atoms. The first kappa shape index (κ1) is 20.7. The van der Waals surface area contributed by atoms with Crippen LogP contribution in [0.3, 0.4) is 0 Å². The second-order valence-electron chi connectivity index (χ2n) is 9.66. The molecule has 4 atom stereocenters. The molecule has 1 aliphatic carbocycles. The fourth-order valence-electron chi connectivity index (χ4n) is 5.86. The summed E-state index contributed by atoms with van der Waals surface area (Å²) in [5.41, 5.74) is 14.4. The van der Waals surface area contributed by atoms with Crippen molar-refractivity contribution < 1.29 is 0 Å². The first-order chi connectivity index (χ1) is 15.1. The zero-order chi connectivity index (χ0) is 21.4. The molecule has 3 heterocycles. The van der Waals surface area contributed by atoms with Gasteiger partial charge in [0, 0.05) is 43.5 Å². The molecule has 0 radical (unpaired) electrons. The second kappa shape index (κ2) is 8.73. The second-order valence-corrected chi connectivity index (χ2v) is 9.66. The van der Waals surface area contributed by atoms with Gasteiger partial charge in [0.15, 0.2) is 0 Å². The van der Waals surface area contributed by atoms with E-state index < -0.39 is 0 Å². The molecule has 1 fully saturated rings. The molecule has 5 rings (SSSR count). The lowest BCUT2D eigenvalue weighted by molar-refractivity contribution is 0.190. The van der Waals surface area contributed by atoms with Crippen molar-refractivity contribution in [3.05, 3.63) is 76.8 Å². The van der Waals surface area contributed by atoms with Gasteiger partial charge >= 0.3 is 0 Å². The zero-order valence-corrected chi connectivity index (χ0v) is 18.6. The van der Waals surface area contributed by atoms with Crippen LogP contribution in [-0.4, -0.2) is 35.6 Å². The van der Waals surface area contributed by atoms with E-state index in [4.69, 9.17) is 10.7 Å². The third-order valence-corrected chi connectivity index (χ3v) is 7.35. The Morgan fingerprint density at radius 3 is 2.94 bits per heavy atom. The molecule has 0 bridgehead atoms. The van der Waals surface area contributed by atoms with Gasteiger partial charge < -0.3 is 16.4 Å². The number of hydrogen-bond donors (Lipinski definition) is 3. The van der Waals surface area contributed by atoms with Crippen molar-refractivity contribution in [3.8, 4) is 0 Å². The molecule has 1 aromatic carbocycles. The number of fused-ring (bicyclic) bond motifs is 2. The highest BCUT2D eigenvalue weighted by molar-refractivity contribution is 5.40. The minimum absolute atomic E-state index is 0.192. The highest BCUT2D eigenvalue weighted by Gasteiger charge is 2.30. The number of benzene rings is 1.